The van der Waals surface area contributed by atoms with Gasteiger partial charge < -0.3 is 30.7 Å². The van der Waals surface area contributed by atoms with E-state index in [0.717, 1.165) is 43.2 Å². The van der Waals surface area contributed by atoms with E-state index in [1.54, 1.807) is 48.5 Å². The van der Waals surface area contributed by atoms with Crippen LogP contribution in [-0.4, -0.2) is 80.1 Å². The van der Waals surface area contributed by atoms with E-state index in [1.807, 2.05) is 9.44 Å². The number of hydrogen-bond donors (Lipinski definition) is 6. The standard InChI is InChI=1S/2C23H28ClN3O5S/c2*1-32-21-12-9-17(24)15-20(21)22(28)25-14-13-16-7-10-19(11-8-16)33(30,31)27-23(29)26-18-5-3-2-4-6-18/h2*7-12,15,18H,2-6,13-14H2,1H3,(H,25,28)(H2,26,27,29)/i18D;5D2. The SMILES string of the molecule is [2H]C1(NC(=O)NS(=O)(=O)c2ccc(CCNC(=O)c3cc(Cl)ccc3OC)cc2)CCCCC1.[2H]C1([2H])CCCCC1NC(=O)NS(=O)(=O)c1ccc(CCNC(=O)c2cc(Cl)ccc2OC)cc1. The van der Waals surface area contributed by atoms with Crippen LogP contribution < -0.4 is 40.2 Å². The first-order valence-electron chi connectivity index (χ1n) is 22.7. The van der Waals surface area contributed by atoms with Crippen molar-refractivity contribution in [2.45, 2.75) is 98.9 Å². The van der Waals surface area contributed by atoms with Crippen molar-refractivity contribution >= 4 is 67.1 Å². The molecule has 1 unspecified atom stereocenters. The fraction of sp³-hybridized carbons (Fsp3) is 0.391. The molecule has 1 atom stereocenters. The van der Waals surface area contributed by atoms with Gasteiger partial charge in [-0.15, -0.1) is 0 Å². The Morgan fingerprint density at radius 2 is 1.03 bits per heavy atom. The molecule has 4 aromatic carbocycles. The molecule has 0 heterocycles. The number of carbonyl (C=O) groups is 4. The van der Waals surface area contributed by atoms with Crippen LogP contribution in [0.25, 0.3) is 0 Å². The Bertz CT molecular complexity index is 2680. The second kappa shape index (κ2) is 24.8. The fourth-order valence-corrected chi connectivity index (χ4v) is 9.20. The summed E-state index contributed by atoms with van der Waals surface area (Å²) in [4.78, 5) is 49.1. The number of methoxy groups -OCH3 is 2. The van der Waals surface area contributed by atoms with Crippen molar-refractivity contribution in [2.24, 2.45) is 0 Å². The highest BCUT2D eigenvalue weighted by Gasteiger charge is 2.23. The molecule has 0 radical (unpaired) electrons. The van der Waals surface area contributed by atoms with E-state index in [-0.39, 0.29) is 21.6 Å². The van der Waals surface area contributed by atoms with Gasteiger partial charge in [-0.2, -0.15) is 0 Å². The normalized spacial score (nSPS) is 17.1. The van der Waals surface area contributed by atoms with E-state index in [0.29, 0.717) is 84.3 Å². The molecule has 6 N–H and O–H groups in total. The van der Waals surface area contributed by atoms with Gasteiger partial charge in [0.1, 0.15) is 11.5 Å². The Morgan fingerprint density at radius 3 is 1.47 bits per heavy atom. The Labute approximate surface area is 400 Å². The second-order valence-electron chi connectivity index (χ2n) is 15.3. The van der Waals surface area contributed by atoms with Crippen molar-refractivity contribution in [1.29, 1.82) is 0 Å². The zero-order chi connectivity index (χ0) is 50.4. The lowest BCUT2D eigenvalue weighted by Crippen LogP contribution is -2.45. The Hall–Kier alpha value is -5.56. The van der Waals surface area contributed by atoms with Crippen LogP contribution >= 0.6 is 23.2 Å². The van der Waals surface area contributed by atoms with Crippen molar-refractivity contribution < 1.29 is 49.6 Å². The minimum Gasteiger partial charge on any atom is -0.496 e. The van der Waals surface area contributed by atoms with E-state index in [1.165, 1.54) is 50.6 Å². The molecular formula is C46H56Cl2N6O10S2. The molecule has 0 saturated heterocycles. The lowest BCUT2D eigenvalue weighted by molar-refractivity contribution is 0.0942. The van der Waals surface area contributed by atoms with Crippen LogP contribution in [0.15, 0.2) is 94.7 Å². The maximum atomic E-state index is 12.6. The zero-order valence-corrected chi connectivity index (χ0v) is 39.7. The predicted octanol–water partition coefficient (Wildman–Crippen LogP) is 7.28. The third kappa shape index (κ3) is 15.8. The van der Waals surface area contributed by atoms with Gasteiger partial charge >= 0.3 is 12.1 Å². The van der Waals surface area contributed by atoms with Gasteiger partial charge in [-0.25, -0.2) is 35.9 Å². The van der Waals surface area contributed by atoms with Gasteiger partial charge in [0.2, 0.25) is 0 Å². The number of benzene rings is 4. The summed E-state index contributed by atoms with van der Waals surface area (Å²) in [5.41, 5.74) is 2.21. The summed E-state index contributed by atoms with van der Waals surface area (Å²) in [6.07, 6.45) is 5.25. The quantitative estimate of drug-likeness (QED) is 0.0658. The molecule has 20 heteroatoms. The van der Waals surface area contributed by atoms with Gasteiger partial charge in [0.15, 0.2) is 0 Å². The Morgan fingerprint density at radius 1 is 0.606 bits per heavy atom. The van der Waals surface area contributed by atoms with Crippen LogP contribution in [0.3, 0.4) is 0 Å². The number of sulfonamides is 2. The van der Waals surface area contributed by atoms with Crippen molar-refractivity contribution in [3.05, 3.63) is 117 Å². The first kappa shape index (κ1) is 47.0. The molecule has 2 aliphatic carbocycles. The van der Waals surface area contributed by atoms with E-state index in [9.17, 15) is 36.0 Å². The van der Waals surface area contributed by atoms with Gasteiger partial charge in [0.25, 0.3) is 31.9 Å². The highest BCUT2D eigenvalue weighted by atomic mass is 35.5. The second-order valence-corrected chi connectivity index (χ2v) is 19.5. The van der Waals surface area contributed by atoms with Crippen LogP contribution in [0.5, 0.6) is 11.5 Å². The summed E-state index contributed by atoms with van der Waals surface area (Å²) >= 11 is 11.9. The van der Waals surface area contributed by atoms with E-state index in [4.69, 9.17) is 36.8 Å². The van der Waals surface area contributed by atoms with Crippen molar-refractivity contribution in [2.75, 3.05) is 27.3 Å². The van der Waals surface area contributed by atoms with Crippen LogP contribution in [0.4, 0.5) is 9.59 Å². The molecule has 0 bridgehead atoms. The lowest BCUT2D eigenvalue weighted by Gasteiger charge is -2.22. The molecule has 356 valence electrons. The monoisotopic (exact) mass is 989 g/mol. The van der Waals surface area contributed by atoms with Crippen LogP contribution in [-0.2, 0) is 32.9 Å². The smallest absolute Gasteiger partial charge is 0.328 e. The van der Waals surface area contributed by atoms with Gasteiger partial charge in [-0.1, -0.05) is 86.0 Å². The molecule has 2 fully saturated rings. The maximum Gasteiger partial charge on any atom is 0.328 e. The maximum absolute atomic E-state index is 12.6. The van der Waals surface area contributed by atoms with Crippen molar-refractivity contribution in [3.63, 3.8) is 0 Å². The fourth-order valence-electron chi connectivity index (χ4n) is 7.03. The summed E-state index contributed by atoms with van der Waals surface area (Å²) in [5.74, 6) is 0.130. The molecule has 6 rings (SSSR count). The molecule has 2 aliphatic rings. The van der Waals surface area contributed by atoms with E-state index in [2.05, 4.69) is 21.3 Å². The van der Waals surface area contributed by atoms with Gasteiger partial charge in [-0.3, -0.25) is 9.59 Å². The third-order valence-electron chi connectivity index (χ3n) is 10.5. The molecular weight excluding hydrogens is 932 g/mol. The molecule has 2 saturated carbocycles. The minimum atomic E-state index is -4.13. The third-order valence-corrected chi connectivity index (χ3v) is 13.7. The summed E-state index contributed by atoms with van der Waals surface area (Å²) < 4.78 is 88.7. The average Bonchev–Trinajstić information content (AvgIpc) is 3.29. The predicted molar refractivity (Wildman–Crippen MR) is 252 cm³/mol. The molecule has 6 amide bonds. The number of carbonyl (C=O) groups excluding carboxylic acids is 4. The lowest BCUT2D eigenvalue weighted by atomic mass is 9.96. The van der Waals surface area contributed by atoms with Crippen LogP contribution in [0, 0.1) is 0 Å². The number of halogens is 2. The van der Waals surface area contributed by atoms with Crippen LogP contribution in [0.2, 0.25) is 10.0 Å². The minimum absolute atomic E-state index is 0.0678. The molecule has 4 aromatic rings. The number of urea groups is 2. The van der Waals surface area contributed by atoms with Crippen LogP contribution in [0.1, 0.15) is 100 Å². The van der Waals surface area contributed by atoms with Crippen molar-refractivity contribution in [1.82, 2.24) is 30.7 Å². The number of ether oxygens (including phenoxy) is 2. The summed E-state index contributed by atoms with van der Waals surface area (Å²) in [5, 5.41) is 11.3. The first-order chi connectivity index (χ1) is 32.6. The molecule has 66 heavy (non-hydrogen) atoms. The van der Waals surface area contributed by atoms with Gasteiger partial charge in [0, 0.05) is 37.9 Å². The number of amides is 6. The topological polar surface area (TPSA) is 227 Å². The molecule has 0 spiro atoms. The van der Waals surface area contributed by atoms with Gasteiger partial charge in [0.05, 0.1) is 36.5 Å². The zero-order valence-electron chi connectivity index (χ0n) is 39.5. The first-order valence-corrected chi connectivity index (χ1v) is 25.0. The van der Waals surface area contributed by atoms with Crippen molar-refractivity contribution in [3.8, 4) is 11.5 Å². The average molecular weight is 991 g/mol. The van der Waals surface area contributed by atoms with E-state index < -0.39 is 50.5 Å². The highest BCUT2D eigenvalue weighted by molar-refractivity contribution is 7.90. The summed E-state index contributed by atoms with van der Waals surface area (Å²) in [6, 6.07) is 17.7. The highest BCUT2D eigenvalue weighted by Crippen LogP contribution is 2.24. The van der Waals surface area contributed by atoms with Gasteiger partial charge in [-0.05, 0) is 110 Å². The number of nitrogens with one attached hydrogen (secondary N) is 6. The summed E-state index contributed by atoms with van der Waals surface area (Å²) in [7, 11) is -5.28. The van der Waals surface area contributed by atoms with E-state index >= 15 is 0 Å². The molecule has 0 aromatic heterocycles. The Balaban J connectivity index is 0.000000258. The number of rotatable bonds is 16. The largest absolute Gasteiger partial charge is 0.496 e. The molecule has 16 nitrogen and oxygen atoms in total. The summed E-state index contributed by atoms with van der Waals surface area (Å²) in [6.45, 7) is 0.609. The number of hydrogen-bond acceptors (Lipinski definition) is 10. The Kier molecular flexibility index (Phi) is 17.7. The molecule has 0 aliphatic heterocycles.